The number of rotatable bonds is 6. The van der Waals surface area contributed by atoms with E-state index in [1.54, 1.807) is 12.4 Å². The number of likely N-dealkylation sites (tertiary alicyclic amines) is 1. The van der Waals surface area contributed by atoms with Gasteiger partial charge in [0.05, 0.1) is 0 Å². The van der Waals surface area contributed by atoms with Gasteiger partial charge in [-0.3, -0.25) is 0 Å². The summed E-state index contributed by atoms with van der Waals surface area (Å²) in [6.45, 7) is 3.19. The Morgan fingerprint density at radius 1 is 0.875 bits per heavy atom. The zero-order chi connectivity index (χ0) is 21.8. The van der Waals surface area contributed by atoms with Crippen LogP contribution in [0.2, 0.25) is 5.02 Å². The van der Waals surface area contributed by atoms with E-state index in [-0.39, 0.29) is 0 Å². The molecule has 32 heavy (non-hydrogen) atoms. The van der Waals surface area contributed by atoms with Crippen LogP contribution in [0.4, 0.5) is 0 Å². The molecule has 2 aromatic heterocycles. The summed E-state index contributed by atoms with van der Waals surface area (Å²) < 4.78 is 1.81. The molecule has 3 heterocycles. The third-order valence-electron chi connectivity index (χ3n) is 5.99. The Morgan fingerprint density at radius 2 is 1.59 bits per heavy atom. The Labute approximate surface area is 192 Å². The molecule has 0 radical (unpaired) electrons. The summed E-state index contributed by atoms with van der Waals surface area (Å²) in [5.41, 5.74) is 2.33. The predicted octanol–water partition coefficient (Wildman–Crippen LogP) is 4.80. The zero-order valence-corrected chi connectivity index (χ0v) is 18.6. The van der Waals surface area contributed by atoms with Crippen LogP contribution in [0.3, 0.4) is 0 Å². The van der Waals surface area contributed by atoms with Crippen LogP contribution < -0.4 is 0 Å². The van der Waals surface area contributed by atoms with E-state index in [9.17, 15) is 0 Å². The molecule has 0 spiro atoms. The molecule has 1 saturated heterocycles. The van der Waals surface area contributed by atoms with Crippen LogP contribution in [0, 0.1) is 0 Å². The Kier molecular flexibility index (Phi) is 6.23. The number of hydrogen-bond acceptors (Lipinski definition) is 5. The van der Waals surface area contributed by atoms with Gasteiger partial charge < -0.3 is 4.90 Å². The molecule has 0 unspecified atom stereocenters. The van der Waals surface area contributed by atoms with Crippen molar-refractivity contribution in [3.63, 3.8) is 0 Å². The zero-order valence-electron chi connectivity index (χ0n) is 17.8. The van der Waals surface area contributed by atoms with Crippen molar-refractivity contribution in [3.8, 4) is 17.3 Å². The van der Waals surface area contributed by atoms with Gasteiger partial charge in [-0.05, 0) is 68.2 Å². The van der Waals surface area contributed by atoms with Gasteiger partial charge in [0.15, 0.2) is 5.82 Å². The van der Waals surface area contributed by atoms with Crippen molar-refractivity contribution < 1.29 is 0 Å². The normalized spacial score (nSPS) is 15.2. The first-order valence-electron chi connectivity index (χ1n) is 11.0. The summed E-state index contributed by atoms with van der Waals surface area (Å²) in [5.74, 6) is 2.49. The van der Waals surface area contributed by atoms with Crippen LogP contribution >= 0.6 is 11.6 Å². The summed E-state index contributed by atoms with van der Waals surface area (Å²) >= 11 is 6.06. The van der Waals surface area contributed by atoms with E-state index in [2.05, 4.69) is 45.2 Å². The van der Waals surface area contributed by atoms with Crippen LogP contribution in [0.1, 0.15) is 30.1 Å². The number of halogens is 1. The second-order valence-corrected chi connectivity index (χ2v) is 8.55. The van der Waals surface area contributed by atoms with E-state index < -0.39 is 0 Å². The molecule has 2 aromatic carbocycles. The Morgan fingerprint density at radius 3 is 2.31 bits per heavy atom. The molecule has 5 rings (SSSR count). The summed E-state index contributed by atoms with van der Waals surface area (Å²) in [4.78, 5) is 16.3. The van der Waals surface area contributed by atoms with Crippen molar-refractivity contribution in [2.75, 3.05) is 19.6 Å². The first-order valence-corrected chi connectivity index (χ1v) is 11.4. The molecule has 162 valence electrons. The second kappa shape index (κ2) is 9.59. The minimum Gasteiger partial charge on any atom is -0.303 e. The lowest BCUT2D eigenvalue weighted by molar-refractivity contribution is 0.210. The maximum absolute atomic E-state index is 6.06. The summed E-state index contributed by atoms with van der Waals surface area (Å²) in [5, 5.41) is 5.47. The molecule has 0 bridgehead atoms. The largest absolute Gasteiger partial charge is 0.303 e. The molecule has 1 fully saturated rings. The lowest BCUT2D eigenvalue weighted by Crippen LogP contribution is -2.35. The minimum absolute atomic E-state index is 0.320. The van der Waals surface area contributed by atoms with E-state index in [0.29, 0.717) is 22.7 Å². The number of piperidine rings is 1. The van der Waals surface area contributed by atoms with E-state index in [1.807, 2.05) is 35.0 Å². The van der Waals surface area contributed by atoms with Gasteiger partial charge in [0.2, 0.25) is 0 Å². The summed E-state index contributed by atoms with van der Waals surface area (Å²) in [6, 6.07) is 20.1. The van der Waals surface area contributed by atoms with Crippen LogP contribution in [0.25, 0.3) is 17.3 Å². The van der Waals surface area contributed by atoms with Crippen LogP contribution in [-0.4, -0.2) is 49.3 Å². The Bertz CT molecular complexity index is 1140. The van der Waals surface area contributed by atoms with Crippen LogP contribution in [-0.2, 0) is 6.42 Å². The standard InChI is InChI=1S/C25H25ClN6/c26-22-9-7-20(8-10-22)23-29-24(32(30-23)25-27-14-4-15-28-25)21-12-17-31(18-13-21)16-11-19-5-2-1-3-6-19/h1-10,14-15,21H,11-13,16-18H2. The topological polar surface area (TPSA) is 59.7 Å². The highest BCUT2D eigenvalue weighted by Crippen LogP contribution is 2.30. The van der Waals surface area contributed by atoms with E-state index in [1.165, 1.54) is 5.56 Å². The summed E-state index contributed by atoms with van der Waals surface area (Å²) in [6.07, 6.45) is 6.64. The van der Waals surface area contributed by atoms with Crippen molar-refractivity contribution >= 4 is 11.6 Å². The third-order valence-corrected chi connectivity index (χ3v) is 6.24. The molecule has 0 aliphatic carbocycles. The molecule has 6 nitrogen and oxygen atoms in total. The van der Waals surface area contributed by atoms with Gasteiger partial charge in [-0.2, -0.15) is 4.68 Å². The average molecular weight is 445 g/mol. The van der Waals surface area contributed by atoms with Gasteiger partial charge in [0.25, 0.3) is 5.95 Å². The van der Waals surface area contributed by atoms with Gasteiger partial charge in [-0.1, -0.05) is 41.9 Å². The van der Waals surface area contributed by atoms with E-state index in [4.69, 9.17) is 21.7 Å². The SMILES string of the molecule is Clc1ccc(-c2nc(C3CCN(CCc4ccccc4)CC3)n(-c3ncccn3)n2)cc1. The van der Waals surface area contributed by atoms with Gasteiger partial charge in [0, 0.05) is 35.4 Å². The number of nitrogens with zero attached hydrogens (tertiary/aromatic N) is 6. The molecule has 1 aliphatic rings. The molecular formula is C25H25ClN6. The first kappa shape index (κ1) is 20.8. The molecular weight excluding hydrogens is 420 g/mol. The average Bonchev–Trinajstić information content (AvgIpc) is 3.30. The maximum Gasteiger partial charge on any atom is 0.252 e. The molecule has 0 saturated carbocycles. The maximum atomic E-state index is 6.06. The highest BCUT2D eigenvalue weighted by molar-refractivity contribution is 6.30. The Balaban J connectivity index is 1.34. The van der Waals surface area contributed by atoms with Crippen molar-refractivity contribution in [2.45, 2.75) is 25.2 Å². The lowest BCUT2D eigenvalue weighted by atomic mass is 9.95. The van der Waals surface area contributed by atoms with Crippen LogP contribution in [0.15, 0.2) is 73.1 Å². The molecule has 1 aliphatic heterocycles. The quantitative estimate of drug-likeness (QED) is 0.427. The monoisotopic (exact) mass is 444 g/mol. The smallest absolute Gasteiger partial charge is 0.252 e. The Hall–Kier alpha value is -3.09. The van der Waals surface area contributed by atoms with Crippen LogP contribution in [0.5, 0.6) is 0 Å². The second-order valence-electron chi connectivity index (χ2n) is 8.11. The van der Waals surface area contributed by atoms with E-state index in [0.717, 1.165) is 50.3 Å². The van der Waals surface area contributed by atoms with Gasteiger partial charge in [-0.15, -0.1) is 5.10 Å². The van der Waals surface area contributed by atoms with Gasteiger partial charge in [0.1, 0.15) is 5.82 Å². The van der Waals surface area contributed by atoms with E-state index >= 15 is 0 Å². The third kappa shape index (κ3) is 4.71. The predicted molar refractivity (Wildman–Crippen MR) is 126 cm³/mol. The molecule has 7 heteroatoms. The minimum atomic E-state index is 0.320. The molecule has 0 atom stereocenters. The summed E-state index contributed by atoms with van der Waals surface area (Å²) in [7, 11) is 0. The number of hydrogen-bond donors (Lipinski definition) is 0. The fourth-order valence-electron chi connectivity index (χ4n) is 4.20. The molecule has 0 N–H and O–H groups in total. The lowest BCUT2D eigenvalue weighted by Gasteiger charge is -2.31. The van der Waals surface area contributed by atoms with Crippen molar-refractivity contribution in [1.29, 1.82) is 0 Å². The van der Waals surface area contributed by atoms with Gasteiger partial charge in [-0.25, -0.2) is 15.0 Å². The van der Waals surface area contributed by atoms with Crippen molar-refractivity contribution in [3.05, 3.63) is 89.5 Å². The fraction of sp³-hybridized carbons (Fsp3) is 0.280. The first-order chi connectivity index (χ1) is 15.8. The van der Waals surface area contributed by atoms with Crippen molar-refractivity contribution in [1.82, 2.24) is 29.6 Å². The number of benzene rings is 2. The number of aromatic nitrogens is 5. The molecule has 4 aromatic rings. The fourth-order valence-corrected chi connectivity index (χ4v) is 4.33. The van der Waals surface area contributed by atoms with Gasteiger partial charge >= 0.3 is 0 Å². The highest BCUT2D eigenvalue weighted by atomic mass is 35.5. The van der Waals surface area contributed by atoms with Crippen molar-refractivity contribution in [2.24, 2.45) is 0 Å². The highest BCUT2D eigenvalue weighted by Gasteiger charge is 2.27. The molecule has 0 amide bonds.